The molecule has 1 saturated carbocycles. The van der Waals surface area contributed by atoms with Crippen molar-refractivity contribution in [3.63, 3.8) is 0 Å². The molecular weight excluding hydrogens is 502 g/mol. The number of aromatic nitrogens is 3. The molecule has 1 aliphatic carbocycles. The van der Waals surface area contributed by atoms with E-state index in [-0.39, 0.29) is 29.9 Å². The van der Waals surface area contributed by atoms with Crippen LogP contribution in [0.5, 0.6) is 0 Å². The fraction of sp³-hybridized carbons (Fsp3) is 0.400. The first-order valence-electron chi connectivity index (χ1n) is 9.32. The van der Waals surface area contributed by atoms with Crippen molar-refractivity contribution in [3.05, 3.63) is 18.2 Å². The van der Waals surface area contributed by atoms with Gasteiger partial charge in [0.25, 0.3) is 20.2 Å². The van der Waals surface area contributed by atoms with Gasteiger partial charge in [0, 0.05) is 12.1 Å². The van der Waals surface area contributed by atoms with Gasteiger partial charge in [-0.1, -0.05) is 0 Å². The molecule has 8 N–H and O–H groups in total. The van der Waals surface area contributed by atoms with Crippen molar-refractivity contribution < 1.29 is 34.7 Å². The summed E-state index contributed by atoms with van der Waals surface area (Å²) in [6, 6.07) is 1.97. The molecule has 1 heterocycles. The highest BCUT2D eigenvalue weighted by Crippen LogP contribution is 2.28. The number of nitrogens with two attached hydrogens (primary N) is 1. The molecule has 1 fully saturated rings. The number of rotatable bonds is 8. The fourth-order valence-electron chi connectivity index (χ4n) is 3.38. The summed E-state index contributed by atoms with van der Waals surface area (Å²) in [6.45, 7) is 0. The number of nitrogens with zero attached hydrogens (tertiary/aromatic N) is 3. The first kappa shape index (κ1) is 25.1. The fourth-order valence-corrected chi connectivity index (χ4v) is 5.01. The molecule has 0 aliphatic heterocycles. The molecule has 0 spiro atoms. The molecular formula is C15H21N7O8S3. The van der Waals surface area contributed by atoms with Crippen LogP contribution >= 0.6 is 0 Å². The van der Waals surface area contributed by atoms with E-state index in [0.717, 1.165) is 24.6 Å². The van der Waals surface area contributed by atoms with Crippen molar-refractivity contribution in [2.75, 3.05) is 16.4 Å². The molecule has 2 aromatic rings. The van der Waals surface area contributed by atoms with E-state index < -0.39 is 47.0 Å². The second kappa shape index (κ2) is 9.79. The summed E-state index contributed by atoms with van der Waals surface area (Å²) in [5, 5.41) is 5.49. The first-order valence-corrected chi connectivity index (χ1v) is 13.3. The Balaban J connectivity index is 1.88. The van der Waals surface area contributed by atoms with Crippen molar-refractivity contribution in [3.8, 4) is 0 Å². The zero-order valence-electron chi connectivity index (χ0n) is 16.7. The van der Waals surface area contributed by atoms with Crippen LogP contribution in [0.4, 0.5) is 23.5 Å². The van der Waals surface area contributed by atoms with E-state index >= 15 is 0 Å². The Morgan fingerprint density at radius 3 is 2.30 bits per heavy atom. The van der Waals surface area contributed by atoms with Gasteiger partial charge >= 0.3 is 0 Å². The van der Waals surface area contributed by atoms with Gasteiger partial charge in [-0.2, -0.15) is 31.8 Å². The maximum absolute atomic E-state index is 11.7. The van der Waals surface area contributed by atoms with Gasteiger partial charge in [-0.05, 0) is 43.9 Å². The summed E-state index contributed by atoms with van der Waals surface area (Å²) in [7, 11) is -9.47. The van der Waals surface area contributed by atoms with Crippen molar-refractivity contribution in [2.45, 2.75) is 47.6 Å². The quantitative estimate of drug-likeness (QED) is 0.180. The molecule has 1 aromatic carbocycles. The lowest BCUT2D eigenvalue weighted by molar-refractivity contribution is 0.382. The minimum absolute atomic E-state index is 0.0140. The molecule has 0 amide bonds. The average molecular weight is 524 g/mol. The van der Waals surface area contributed by atoms with Crippen molar-refractivity contribution in [1.82, 2.24) is 19.7 Å². The normalized spacial score (nSPS) is 20.2. The Morgan fingerprint density at radius 2 is 1.67 bits per heavy atom. The highest BCUT2D eigenvalue weighted by atomic mass is 32.2. The second-order valence-electron chi connectivity index (χ2n) is 7.15. The van der Waals surface area contributed by atoms with Gasteiger partial charge in [0.2, 0.25) is 29.1 Å². The van der Waals surface area contributed by atoms with Crippen molar-refractivity contribution in [1.29, 1.82) is 0 Å². The van der Waals surface area contributed by atoms with Crippen LogP contribution in [-0.4, -0.2) is 61.7 Å². The zero-order valence-corrected chi connectivity index (χ0v) is 19.2. The summed E-state index contributed by atoms with van der Waals surface area (Å²) in [5.41, 5.74) is 5.27. The molecule has 1 aromatic heterocycles. The van der Waals surface area contributed by atoms with Gasteiger partial charge in [-0.3, -0.25) is 13.7 Å². The predicted molar refractivity (Wildman–Crippen MR) is 117 cm³/mol. The number of nitrogens with one attached hydrogen (secondary N) is 3. The maximum Gasteiger partial charge on any atom is 0.296 e. The third-order valence-corrected chi connectivity index (χ3v) is 7.00. The molecule has 3 unspecified atom stereocenters. The summed E-state index contributed by atoms with van der Waals surface area (Å²) in [4.78, 5) is 10.5. The van der Waals surface area contributed by atoms with Gasteiger partial charge in [0.15, 0.2) is 0 Å². The van der Waals surface area contributed by atoms with Crippen molar-refractivity contribution in [2.24, 2.45) is 0 Å². The van der Waals surface area contributed by atoms with Crippen LogP contribution in [0.25, 0.3) is 0 Å². The maximum atomic E-state index is 11.7. The number of benzene rings is 1. The van der Waals surface area contributed by atoms with Crippen LogP contribution in [0.15, 0.2) is 28.0 Å². The van der Waals surface area contributed by atoms with E-state index in [9.17, 15) is 30.1 Å². The molecule has 3 atom stereocenters. The Kier molecular flexibility index (Phi) is 7.46. The van der Waals surface area contributed by atoms with Gasteiger partial charge < -0.3 is 16.4 Å². The third-order valence-electron chi connectivity index (χ3n) is 4.70. The highest BCUT2D eigenvalue weighted by molar-refractivity contribution is 7.86. The van der Waals surface area contributed by atoms with Gasteiger partial charge in [-0.25, -0.2) is 8.93 Å². The molecule has 0 radical (unpaired) electrons. The molecule has 33 heavy (non-hydrogen) atoms. The standard InChI is InChI=1S/C15H21N7O8S3/c16-13-19-14(17-8-2-1-3-9(6-8)22-31(23)24)21-15(20-13)18-11-7-10(32(25,26)27)4-5-12(11)33(28,29)30/h4-5,7-9,22H,1-3,6H2,(H,23,24)(H,25,26,27)(H,28,29,30)(H4,16,17,18,19,20,21). The summed E-state index contributed by atoms with van der Waals surface area (Å²) in [6.07, 6.45) is 2.68. The third kappa shape index (κ3) is 7.00. The molecule has 182 valence electrons. The van der Waals surface area contributed by atoms with Gasteiger partial charge in [0.05, 0.1) is 10.6 Å². The molecule has 0 bridgehead atoms. The topological polar surface area (TPSA) is 247 Å². The zero-order chi connectivity index (χ0) is 24.4. The molecule has 1 aliphatic rings. The lowest BCUT2D eigenvalue weighted by atomic mass is 9.92. The molecule has 0 saturated heterocycles. The second-order valence-corrected chi connectivity index (χ2v) is 10.7. The van der Waals surface area contributed by atoms with Crippen LogP contribution in [0.2, 0.25) is 0 Å². The van der Waals surface area contributed by atoms with Crippen LogP contribution in [-0.2, 0) is 31.5 Å². The number of hydrogen-bond donors (Lipinski definition) is 7. The summed E-state index contributed by atoms with van der Waals surface area (Å²) < 4.78 is 87.4. The van der Waals surface area contributed by atoms with E-state index in [0.29, 0.717) is 19.3 Å². The predicted octanol–water partition coefficient (Wildman–Crippen LogP) is 0.140. The summed E-state index contributed by atoms with van der Waals surface area (Å²) in [5.74, 6) is -0.513. The van der Waals surface area contributed by atoms with E-state index in [1.54, 1.807) is 0 Å². The summed E-state index contributed by atoms with van der Waals surface area (Å²) >= 11 is -2.15. The Bertz CT molecular complexity index is 1270. The monoisotopic (exact) mass is 523 g/mol. The minimum Gasteiger partial charge on any atom is -0.368 e. The van der Waals surface area contributed by atoms with Gasteiger partial charge in [0.1, 0.15) is 4.90 Å². The van der Waals surface area contributed by atoms with Crippen molar-refractivity contribution >= 4 is 55.0 Å². The molecule has 15 nitrogen and oxygen atoms in total. The first-order chi connectivity index (χ1) is 15.3. The van der Waals surface area contributed by atoms with E-state index in [1.807, 2.05) is 0 Å². The molecule has 18 heteroatoms. The van der Waals surface area contributed by atoms with E-state index in [2.05, 4.69) is 30.3 Å². The van der Waals surface area contributed by atoms with Crippen LogP contribution < -0.4 is 21.1 Å². The minimum atomic E-state index is -4.78. The van der Waals surface area contributed by atoms with E-state index in [4.69, 9.17) is 10.3 Å². The SMILES string of the molecule is Nc1nc(Nc2cc(S(=O)(=O)O)ccc2S(=O)(=O)O)nc(NC2CCCC(NS(=O)O)C2)n1. The Morgan fingerprint density at radius 1 is 1.00 bits per heavy atom. The largest absolute Gasteiger partial charge is 0.368 e. The Hall–Kier alpha value is -2.48. The molecule has 3 rings (SSSR count). The lowest BCUT2D eigenvalue weighted by Gasteiger charge is -2.29. The van der Waals surface area contributed by atoms with Crippen LogP contribution in [0.1, 0.15) is 25.7 Å². The lowest BCUT2D eigenvalue weighted by Crippen LogP contribution is -2.39. The number of anilines is 4. The number of nitrogen functional groups attached to an aromatic ring is 1. The smallest absolute Gasteiger partial charge is 0.296 e. The average Bonchev–Trinajstić information content (AvgIpc) is 2.65. The van der Waals surface area contributed by atoms with Gasteiger partial charge in [-0.15, -0.1) is 0 Å². The number of hydrogen-bond acceptors (Lipinski definition) is 11. The van der Waals surface area contributed by atoms with Crippen LogP contribution in [0.3, 0.4) is 0 Å². The Labute approximate surface area is 191 Å². The highest BCUT2D eigenvalue weighted by Gasteiger charge is 2.24. The van der Waals surface area contributed by atoms with E-state index in [1.165, 1.54) is 0 Å². The van der Waals surface area contributed by atoms with Crippen LogP contribution in [0, 0.1) is 0 Å².